The molecule has 0 amide bonds. The zero-order chi connectivity index (χ0) is 19.5. The van der Waals surface area contributed by atoms with E-state index in [1.165, 1.54) is 6.07 Å². The van der Waals surface area contributed by atoms with E-state index in [-0.39, 0.29) is 5.56 Å². The van der Waals surface area contributed by atoms with Crippen LogP contribution in [0.5, 0.6) is 0 Å². The molecule has 0 radical (unpaired) electrons. The molecule has 1 saturated heterocycles. The van der Waals surface area contributed by atoms with Crippen molar-refractivity contribution in [3.63, 3.8) is 0 Å². The van der Waals surface area contributed by atoms with Gasteiger partial charge in [0.15, 0.2) is 0 Å². The molecule has 2 heterocycles. The van der Waals surface area contributed by atoms with Crippen LogP contribution in [0.1, 0.15) is 5.56 Å². The lowest BCUT2D eigenvalue weighted by Gasteiger charge is -2.36. The molecular formula is C21H21Cl2N3O2. The molecule has 0 spiro atoms. The lowest BCUT2D eigenvalue weighted by atomic mass is 10.1. The Morgan fingerprint density at radius 1 is 1.00 bits per heavy atom. The van der Waals surface area contributed by atoms with Gasteiger partial charge in [-0.25, -0.2) is 0 Å². The van der Waals surface area contributed by atoms with E-state index in [9.17, 15) is 4.79 Å². The van der Waals surface area contributed by atoms with Crippen molar-refractivity contribution in [3.8, 4) is 0 Å². The summed E-state index contributed by atoms with van der Waals surface area (Å²) in [4.78, 5) is 18.9. The van der Waals surface area contributed by atoms with Gasteiger partial charge in [-0.1, -0.05) is 41.4 Å². The van der Waals surface area contributed by atoms with Gasteiger partial charge in [-0.15, -0.1) is 0 Å². The van der Waals surface area contributed by atoms with E-state index < -0.39 is 0 Å². The van der Waals surface area contributed by atoms with Gasteiger partial charge >= 0.3 is 0 Å². The van der Waals surface area contributed by atoms with Crippen molar-refractivity contribution < 1.29 is 4.74 Å². The molecule has 28 heavy (non-hydrogen) atoms. The van der Waals surface area contributed by atoms with Crippen LogP contribution in [0.2, 0.25) is 10.0 Å². The summed E-state index contributed by atoms with van der Waals surface area (Å²) in [6.07, 6.45) is 0. The number of nitrogens with zero attached hydrogens (tertiary/aromatic N) is 2. The van der Waals surface area contributed by atoms with Gasteiger partial charge < -0.3 is 14.6 Å². The minimum atomic E-state index is -0.0942. The van der Waals surface area contributed by atoms with E-state index in [0.29, 0.717) is 23.4 Å². The van der Waals surface area contributed by atoms with Gasteiger partial charge in [0.1, 0.15) is 0 Å². The molecule has 146 valence electrons. The molecule has 2 aromatic carbocycles. The molecule has 1 aliphatic heterocycles. The van der Waals surface area contributed by atoms with Gasteiger partial charge in [-0.2, -0.15) is 0 Å². The molecule has 4 rings (SSSR count). The van der Waals surface area contributed by atoms with Crippen molar-refractivity contribution in [2.24, 2.45) is 0 Å². The zero-order valence-electron chi connectivity index (χ0n) is 15.3. The highest BCUT2D eigenvalue weighted by atomic mass is 35.5. The van der Waals surface area contributed by atoms with Crippen molar-refractivity contribution in [1.82, 2.24) is 9.88 Å². The standard InChI is InChI=1S/C21H21Cl2N3O2/c22-17-2-1-3-19(21(17)23)26-10-8-25(9-11-26)14-28-13-15-4-5-16-6-7-20(27)24-18(16)12-15/h1-7,12H,8-11,13-14H2,(H,24,27). The molecular weight excluding hydrogens is 397 g/mol. The summed E-state index contributed by atoms with van der Waals surface area (Å²) in [7, 11) is 0. The van der Waals surface area contributed by atoms with E-state index in [4.69, 9.17) is 27.9 Å². The maximum Gasteiger partial charge on any atom is 0.248 e. The number of aromatic nitrogens is 1. The number of H-pyrrole nitrogens is 1. The van der Waals surface area contributed by atoms with E-state index >= 15 is 0 Å². The van der Waals surface area contributed by atoms with Crippen molar-refractivity contribution >= 4 is 39.8 Å². The number of hydrogen-bond donors (Lipinski definition) is 1. The molecule has 0 atom stereocenters. The SMILES string of the molecule is O=c1ccc2ccc(COCN3CCN(c4cccc(Cl)c4Cl)CC3)cc2[nH]1. The average Bonchev–Trinajstić information content (AvgIpc) is 2.70. The number of fused-ring (bicyclic) bond motifs is 1. The Balaban J connectivity index is 1.29. The first kappa shape index (κ1) is 19.3. The van der Waals surface area contributed by atoms with E-state index in [0.717, 1.165) is 48.3 Å². The second kappa shape index (κ2) is 8.53. The number of piperazine rings is 1. The Kier molecular flexibility index (Phi) is 5.87. The number of aromatic amines is 1. The van der Waals surface area contributed by atoms with E-state index in [1.54, 1.807) is 6.07 Å². The summed E-state index contributed by atoms with van der Waals surface area (Å²) in [6, 6.07) is 15.1. The highest BCUT2D eigenvalue weighted by Crippen LogP contribution is 2.32. The molecule has 7 heteroatoms. The molecule has 1 aliphatic rings. The molecule has 0 bridgehead atoms. The maximum atomic E-state index is 11.5. The van der Waals surface area contributed by atoms with Crippen molar-refractivity contribution in [3.05, 3.63) is 74.5 Å². The minimum absolute atomic E-state index is 0.0942. The van der Waals surface area contributed by atoms with Gasteiger partial charge in [-0.05, 0) is 35.2 Å². The normalized spacial score (nSPS) is 15.3. The summed E-state index contributed by atoms with van der Waals surface area (Å²) in [6.45, 7) is 4.62. The third kappa shape index (κ3) is 4.33. The molecule has 0 unspecified atom stereocenters. The minimum Gasteiger partial charge on any atom is -0.368 e. The lowest BCUT2D eigenvalue weighted by molar-refractivity contribution is 0.0161. The van der Waals surface area contributed by atoms with Crippen LogP contribution >= 0.6 is 23.2 Å². The predicted molar refractivity (Wildman–Crippen MR) is 114 cm³/mol. The number of ether oxygens (including phenoxy) is 1. The van der Waals surface area contributed by atoms with Gasteiger partial charge in [0.25, 0.3) is 0 Å². The Morgan fingerprint density at radius 3 is 2.61 bits per heavy atom. The molecule has 1 N–H and O–H groups in total. The number of hydrogen-bond acceptors (Lipinski definition) is 4. The number of nitrogens with one attached hydrogen (secondary N) is 1. The van der Waals surface area contributed by atoms with E-state index in [1.807, 2.05) is 36.4 Å². The number of pyridine rings is 1. The highest BCUT2D eigenvalue weighted by molar-refractivity contribution is 6.43. The number of benzene rings is 2. The second-order valence-electron chi connectivity index (χ2n) is 6.90. The fourth-order valence-electron chi connectivity index (χ4n) is 3.43. The van der Waals surface area contributed by atoms with Crippen molar-refractivity contribution in [2.45, 2.75) is 6.61 Å². The summed E-state index contributed by atoms with van der Waals surface area (Å²) < 4.78 is 5.89. The third-order valence-electron chi connectivity index (χ3n) is 4.98. The molecule has 5 nitrogen and oxygen atoms in total. The molecule has 3 aromatic rings. The molecule has 1 aromatic heterocycles. The zero-order valence-corrected chi connectivity index (χ0v) is 16.8. The fraction of sp³-hybridized carbons (Fsp3) is 0.286. The largest absolute Gasteiger partial charge is 0.368 e. The van der Waals surface area contributed by atoms with Gasteiger partial charge in [0.05, 0.1) is 29.1 Å². The molecule has 1 fully saturated rings. The first-order chi connectivity index (χ1) is 13.6. The summed E-state index contributed by atoms with van der Waals surface area (Å²) >= 11 is 12.5. The summed E-state index contributed by atoms with van der Waals surface area (Å²) in [5.74, 6) is 0. The quantitative estimate of drug-likeness (QED) is 0.677. The monoisotopic (exact) mass is 417 g/mol. The fourth-order valence-corrected chi connectivity index (χ4v) is 3.85. The van der Waals surface area contributed by atoms with Gasteiger partial charge in [-0.3, -0.25) is 9.69 Å². The van der Waals surface area contributed by atoms with Crippen LogP contribution in [-0.4, -0.2) is 42.8 Å². The van der Waals surface area contributed by atoms with Crippen molar-refractivity contribution in [2.75, 3.05) is 37.8 Å². The predicted octanol–water partition coefficient (Wildman–Crippen LogP) is 4.13. The van der Waals surface area contributed by atoms with Crippen LogP contribution in [0.15, 0.2) is 53.3 Å². The van der Waals surface area contributed by atoms with Crippen LogP contribution in [0.4, 0.5) is 5.69 Å². The average molecular weight is 418 g/mol. The Bertz CT molecular complexity index is 1030. The first-order valence-corrected chi connectivity index (χ1v) is 9.97. The lowest BCUT2D eigenvalue weighted by Crippen LogP contribution is -2.47. The van der Waals surface area contributed by atoms with Crippen LogP contribution in [-0.2, 0) is 11.3 Å². The Labute approximate surface area is 173 Å². The highest BCUT2D eigenvalue weighted by Gasteiger charge is 2.19. The topological polar surface area (TPSA) is 48.6 Å². The molecule has 0 aliphatic carbocycles. The van der Waals surface area contributed by atoms with Crippen LogP contribution in [0.25, 0.3) is 10.9 Å². The summed E-state index contributed by atoms with van der Waals surface area (Å²) in [5.41, 5.74) is 2.77. The van der Waals surface area contributed by atoms with E-state index in [2.05, 4.69) is 14.8 Å². The summed E-state index contributed by atoms with van der Waals surface area (Å²) in [5, 5.41) is 2.21. The number of rotatable bonds is 5. The van der Waals surface area contributed by atoms with Gasteiger partial charge in [0, 0.05) is 37.8 Å². The molecule has 0 saturated carbocycles. The Hall–Kier alpha value is -2.05. The smallest absolute Gasteiger partial charge is 0.248 e. The third-order valence-corrected chi connectivity index (χ3v) is 5.79. The van der Waals surface area contributed by atoms with Gasteiger partial charge in [0.2, 0.25) is 5.56 Å². The van der Waals surface area contributed by atoms with Crippen molar-refractivity contribution in [1.29, 1.82) is 0 Å². The van der Waals surface area contributed by atoms with Crippen LogP contribution in [0, 0.1) is 0 Å². The van der Waals surface area contributed by atoms with Crippen LogP contribution in [0.3, 0.4) is 0 Å². The number of halogens is 2. The maximum absolute atomic E-state index is 11.5. The van der Waals surface area contributed by atoms with Crippen LogP contribution < -0.4 is 10.5 Å². The second-order valence-corrected chi connectivity index (χ2v) is 7.68. The number of anilines is 1. The Morgan fingerprint density at radius 2 is 1.79 bits per heavy atom. The first-order valence-electron chi connectivity index (χ1n) is 9.21.